The molecule has 0 bridgehead atoms. The summed E-state index contributed by atoms with van der Waals surface area (Å²) in [5.41, 5.74) is 4.52. The van der Waals surface area contributed by atoms with Gasteiger partial charge in [-0.05, 0) is 24.5 Å². The van der Waals surface area contributed by atoms with E-state index in [1.807, 2.05) is 31.2 Å². The Morgan fingerprint density at radius 2 is 2.04 bits per heavy atom. The zero-order valence-corrected chi connectivity index (χ0v) is 16.4. The topological polar surface area (TPSA) is 94.6 Å². The Bertz CT molecular complexity index is 819. The first-order chi connectivity index (χ1) is 12.9. The van der Waals surface area contributed by atoms with E-state index in [4.69, 9.17) is 0 Å². The van der Waals surface area contributed by atoms with Crippen LogP contribution in [-0.2, 0) is 9.59 Å². The fourth-order valence-electron chi connectivity index (χ4n) is 3.11. The molecular formula is C19H24N4O3S. The maximum absolute atomic E-state index is 12.7. The van der Waals surface area contributed by atoms with E-state index in [1.54, 1.807) is 30.9 Å². The second-order valence-corrected chi connectivity index (χ2v) is 7.77. The number of benzene rings is 1. The third-order valence-electron chi connectivity index (χ3n) is 4.65. The van der Waals surface area contributed by atoms with Crippen LogP contribution in [0.25, 0.3) is 10.4 Å². The highest BCUT2D eigenvalue weighted by Gasteiger charge is 2.32. The molecule has 2 amide bonds. The molecule has 0 radical (unpaired) electrons. The van der Waals surface area contributed by atoms with Crippen molar-refractivity contribution in [2.75, 3.05) is 20.6 Å². The summed E-state index contributed by atoms with van der Waals surface area (Å²) < 4.78 is 0. The van der Waals surface area contributed by atoms with Gasteiger partial charge in [-0.2, -0.15) is 0 Å². The average Bonchev–Trinajstić information content (AvgIpc) is 3.27. The number of thiazole rings is 1. The third kappa shape index (κ3) is 4.35. The van der Waals surface area contributed by atoms with Gasteiger partial charge in [-0.15, -0.1) is 11.3 Å². The number of nitrogens with one attached hydrogen (secondary N) is 2. The smallest absolute Gasteiger partial charge is 0.249 e. The van der Waals surface area contributed by atoms with E-state index in [0.717, 1.165) is 16.1 Å². The molecule has 0 spiro atoms. The standard InChI is InChI=1S/C19H24N4O3S/c1-11-17(27-10-21-11)13-6-4-12(5-7-13)16(19(26)23(2)3)22-18(25)15-8-14(24)9-20-15/h4-7,10,14-16,20,24H,8-9H2,1-3H3,(H,22,25)/t14-,15+,16-/m1/s1. The van der Waals surface area contributed by atoms with E-state index in [0.29, 0.717) is 18.5 Å². The minimum absolute atomic E-state index is 0.205. The second kappa shape index (κ2) is 8.16. The third-order valence-corrected chi connectivity index (χ3v) is 5.63. The lowest BCUT2D eigenvalue weighted by atomic mass is 10.0. The Morgan fingerprint density at radius 3 is 2.56 bits per heavy atom. The number of hydrogen-bond donors (Lipinski definition) is 3. The SMILES string of the molecule is Cc1ncsc1-c1ccc([C@@H](NC(=O)[C@@H]2C[C@@H](O)CN2)C(=O)N(C)C)cc1. The number of carbonyl (C=O) groups excluding carboxylic acids is 2. The van der Waals surface area contributed by atoms with Crippen LogP contribution < -0.4 is 10.6 Å². The fraction of sp³-hybridized carbons (Fsp3) is 0.421. The highest BCUT2D eigenvalue weighted by Crippen LogP contribution is 2.28. The van der Waals surface area contributed by atoms with Crippen molar-refractivity contribution in [1.29, 1.82) is 0 Å². The Balaban J connectivity index is 1.81. The molecule has 3 N–H and O–H groups in total. The summed E-state index contributed by atoms with van der Waals surface area (Å²) in [5.74, 6) is -0.488. The van der Waals surface area contributed by atoms with Gasteiger partial charge >= 0.3 is 0 Å². The number of rotatable bonds is 5. The first-order valence-corrected chi connectivity index (χ1v) is 9.68. The second-order valence-electron chi connectivity index (χ2n) is 6.91. The molecule has 1 aliphatic heterocycles. The van der Waals surface area contributed by atoms with Crippen LogP contribution in [0.15, 0.2) is 29.8 Å². The summed E-state index contributed by atoms with van der Waals surface area (Å²) in [5, 5.41) is 15.4. The molecule has 3 atom stereocenters. The van der Waals surface area contributed by atoms with Gasteiger partial charge in [0.2, 0.25) is 11.8 Å². The van der Waals surface area contributed by atoms with Crippen molar-refractivity contribution in [1.82, 2.24) is 20.5 Å². The Kier molecular flexibility index (Phi) is 5.88. The quantitative estimate of drug-likeness (QED) is 0.713. The summed E-state index contributed by atoms with van der Waals surface area (Å²) >= 11 is 1.57. The van der Waals surface area contributed by atoms with Crippen LogP contribution in [0.4, 0.5) is 0 Å². The Labute approximate surface area is 162 Å². The molecule has 1 saturated heterocycles. The van der Waals surface area contributed by atoms with Crippen molar-refractivity contribution in [2.24, 2.45) is 0 Å². The predicted molar refractivity (Wildman–Crippen MR) is 104 cm³/mol. The van der Waals surface area contributed by atoms with Gasteiger partial charge in [0.05, 0.1) is 28.2 Å². The lowest BCUT2D eigenvalue weighted by molar-refractivity contribution is -0.135. The number of aliphatic hydroxyl groups excluding tert-OH is 1. The predicted octanol–water partition coefficient (Wildman–Crippen LogP) is 1.09. The van der Waals surface area contributed by atoms with Gasteiger partial charge in [-0.3, -0.25) is 9.59 Å². The Hall–Kier alpha value is -2.29. The molecule has 3 rings (SSSR count). The van der Waals surface area contributed by atoms with Crippen LogP contribution in [0.5, 0.6) is 0 Å². The number of aliphatic hydroxyl groups is 1. The summed E-state index contributed by atoms with van der Waals surface area (Å²) in [7, 11) is 3.32. The summed E-state index contributed by atoms with van der Waals surface area (Å²) in [4.78, 5) is 32.0. The van der Waals surface area contributed by atoms with Crippen molar-refractivity contribution in [3.8, 4) is 10.4 Å². The number of β-amino-alcohol motifs (C(OH)–C–C–N with tert-alkyl or cyclic N) is 1. The van der Waals surface area contributed by atoms with E-state index >= 15 is 0 Å². The molecule has 0 saturated carbocycles. The van der Waals surface area contributed by atoms with Gasteiger partial charge in [-0.1, -0.05) is 24.3 Å². The zero-order valence-electron chi connectivity index (χ0n) is 15.6. The molecule has 0 aliphatic carbocycles. The van der Waals surface area contributed by atoms with Crippen LogP contribution >= 0.6 is 11.3 Å². The molecule has 7 nitrogen and oxygen atoms in total. The highest BCUT2D eigenvalue weighted by atomic mass is 32.1. The maximum Gasteiger partial charge on any atom is 0.249 e. The summed E-state index contributed by atoms with van der Waals surface area (Å²) in [6, 6.07) is 6.33. The number of carbonyl (C=O) groups is 2. The van der Waals surface area contributed by atoms with E-state index in [9.17, 15) is 14.7 Å². The van der Waals surface area contributed by atoms with E-state index in [1.165, 1.54) is 4.90 Å². The van der Waals surface area contributed by atoms with Gasteiger partial charge in [0.15, 0.2) is 0 Å². The van der Waals surface area contributed by atoms with Crippen LogP contribution in [0, 0.1) is 6.92 Å². The number of hydrogen-bond acceptors (Lipinski definition) is 6. The number of nitrogens with zero attached hydrogens (tertiary/aromatic N) is 2. The van der Waals surface area contributed by atoms with Crippen molar-refractivity contribution in [3.63, 3.8) is 0 Å². The minimum atomic E-state index is -0.774. The van der Waals surface area contributed by atoms with Gasteiger partial charge < -0.3 is 20.6 Å². The van der Waals surface area contributed by atoms with Gasteiger partial charge in [-0.25, -0.2) is 4.98 Å². The van der Waals surface area contributed by atoms with Crippen molar-refractivity contribution < 1.29 is 14.7 Å². The number of aromatic nitrogens is 1. The Morgan fingerprint density at radius 1 is 1.33 bits per heavy atom. The normalized spacial score (nSPS) is 20.3. The lowest BCUT2D eigenvalue weighted by Crippen LogP contribution is -2.46. The number of likely N-dealkylation sites (N-methyl/N-ethyl adjacent to an activating group) is 1. The van der Waals surface area contributed by atoms with Crippen LogP contribution in [0.3, 0.4) is 0 Å². The largest absolute Gasteiger partial charge is 0.392 e. The van der Waals surface area contributed by atoms with E-state index in [-0.39, 0.29) is 11.8 Å². The minimum Gasteiger partial charge on any atom is -0.392 e. The van der Waals surface area contributed by atoms with Gasteiger partial charge in [0, 0.05) is 20.6 Å². The van der Waals surface area contributed by atoms with Crippen molar-refractivity contribution in [3.05, 3.63) is 41.0 Å². The van der Waals surface area contributed by atoms with Gasteiger partial charge in [0.25, 0.3) is 0 Å². The molecule has 1 aliphatic rings. The van der Waals surface area contributed by atoms with Crippen LogP contribution in [0.2, 0.25) is 0 Å². The number of aryl methyl sites for hydroxylation is 1. The molecular weight excluding hydrogens is 364 g/mol. The molecule has 27 heavy (non-hydrogen) atoms. The maximum atomic E-state index is 12.7. The first kappa shape index (κ1) is 19.5. The highest BCUT2D eigenvalue weighted by molar-refractivity contribution is 7.13. The zero-order chi connectivity index (χ0) is 19.6. The first-order valence-electron chi connectivity index (χ1n) is 8.80. The van der Waals surface area contributed by atoms with Crippen LogP contribution in [-0.4, -0.2) is 59.6 Å². The molecule has 2 heterocycles. The van der Waals surface area contributed by atoms with Crippen molar-refractivity contribution in [2.45, 2.75) is 31.5 Å². The fourth-order valence-corrected chi connectivity index (χ4v) is 3.92. The lowest BCUT2D eigenvalue weighted by Gasteiger charge is -2.24. The molecule has 1 aromatic carbocycles. The number of amides is 2. The van der Waals surface area contributed by atoms with Gasteiger partial charge in [0.1, 0.15) is 6.04 Å². The molecule has 8 heteroatoms. The monoisotopic (exact) mass is 388 g/mol. The van der Waals surface area contributed by atoms with E-state index in [2.05, 4.69) is 15.6 Å². The molecule has 1 aromatic heterocycles. The van der Waals surface area contributed by atoms with E-state index < -0.39 is 18.2 Å². The molecule has 144 valence electrons. The molecule has 0 unspecified atom stereocenters. The van der Waals surface area contributed by atoms with Crippen LogP contribution in [0.1, 0.15) is 23.7 Å². The average molecular weight is 388 g/mol. The molecule has 1 fully saturated rings. The van der Waals surface area contributed by atoms with Crippen molar-refractivity contribution >= 4 is 23.2 Å². The summed E-state index contributed by atoms with van der Waals surface area (Å²) in [6.45, 7) is 2.34. The summed E-state index contributed by atoms with van der Waals surface area (Å²) in [6.07, 6.45) is -0.191. The molecule has 2 aromatic rings.